The minimum absolute atomic E-state index is 0.0923. The summed E-state index contributed by atoms with van der Waals surface area (Å²) in [6.07, 6.45) is 6.45. The molecule has 5 nitrogen and oxygen atoms in total. The molecule has 0 unspecified atom stereocenters. The van der Waals surface area contributed by atoms with Gasteiger partial charge >= 0.3 is 0 Å². The van der Waals surface area contributed by atoms with Gasteiger partial charge in [0.15, 0.2) is 0 Å². The van der Waals surface area contributed by atoms with Crippen LogP contribution in [-0.4, -0.2) is 15.9 Å². The Hall–Kier alpha value is -2.43. The van der Waals surface area contributed by atoms with Gasteiger partial charge in [0.05, 0.1) is 0 Å². The van der Waals surface area contributed by atoms with Crippen molar-refractivity contribution in [3.63, 3.8) is 0 Å². The van der Waals surface area contributed by atoms with E-state index in [0.29, 0.717) is 13.0 Å². The van der Waals surface area contributed by atoms with Crippen LogP contribution in [-0.2, 0) is 17.8 Å². The van der Waals surface area contributed by atoms with Crippen molar-refractivity contribution in [3.05, 3.63) is 48.0 Å². The Morgan fingerprint density at radius 3 is 2.89 bits per heavy atom. The smallest absolute Gasteiger partial charge is 0.224 e. The summed E-state index contributed by atoms with van der Waals surface area (Å²) in [5.74, 6) is 0.0923. The number of nitrogens with zero attached hydrogens (tertiary/aromatic N) is 2. The summed E-state index contributed by atoms with van der Waals surface area (Å²) in [6.45, 7) is 0.686. The summed E-state index contributed by atoms with van der Waals surface area (Å²) < 4.78 is 0. The monoisotopic (exact) mass is 254 g/mol. The lowest BCUT2D eigenvalue weighted by Gasteiger charge is -2.18. The zero-order chi connectivity index (χ0) is 13.1. The summed E-state index contributed by atoms with van der Waals surface area (Å²) in [5, 5.41) is 6.20. The highest BCUT2D eigenvalue weighted by molar-refractivity contribution is 5.94. The second-order valence-corrected chi connectivity index (χ2v) is 4.52. The molecule has 1 aliphatic heterocycles. The molecule has 0 fully saturated rings. The van der Waals surface area contributed by atoms with E-state index in [4.69, 9.17) is 0 Å². The lowest BCUT2D eigenvalue weighted by molar-refractivity contribution is -0.116. The van der Waals surface area contributed by atoms with E-state index in [1.54, 1.807) is 12.4 Å². The lowest BCUT2D eigenvalue weighted by atomic mass is 10.0. The van der Waals surface area contributed by atoms with Crippen LogP contribution in [0, 0.1) is 0 Å². The fourth-order valence-electron chi connectivity index (χ4n) is 2.12. The number of benzene rings is 1. The first kappa shape index (κ1) is 11.6. The highest BCUT2D eigenvalue weighted by atomic mass is 16.1. The van der Waals surface area contributed by atoms with E-state index in [9.17, 15) is 4.79 Å². The van der Waals surface area contributed by atoms with Crippen molar-refractivity contribution >= 4 is 17.3 Å². The van der Waals surface area contributed by atoms with Gasteiger partial charge in [-0.25, -0.2) is 9.97 Å². The number of hydrogen-bond acceptors (Lipinski definition) is 4. The molecular formula is C14H14N4O. The Morgan fingerprint density at radius 1 is 1.21 bits per heavy atom. The van der Waals surface area contributed by atoms with Gasteiger partial charge in [-0.3, -0.25) is 4.79 Å². The molecule has 0 atom stereocenters. The normalized spacial score (nSPS) is 13.6. The number of aryl methyl sites for hydroxylation is 1. The molecule has 0 bridgehead atoms. The van der Waals surface area contributed by atoms with Crippen LogP contribution in [0.4, 0.5) is 11.4 Å². The number of carbonyl (C=O) groups is 1. The molecule has 3 rings (SSSR count). The van der Waals surface area contributed by atoms with E-state index in [-0.39, 0.29) is 5.91 Å². The fourth-order valence-corrected chi connectivity index (χ4v) is 2.12. The van der Waals surface area contributed by atoms with Crippen molar-refractivity contribution in [2.45, 2.75) is 19.4 Å². The molecule has 1 aromatic carbocycles. The summed E-state index contributed by atoms with van der Waals surface area (Å²) in [6, 6.07) is 5.99. The van der Waals surface area contributed by atoms with E-state index in [2.05, 4.69) is 26.7 Å². The number of anilines is 2. The highest BCUT2D eigenvalue weighted by Gasteiger charge is 2.14. The largest absolute Gasteiger partial charge is 0.381 e. The Morgan fingerprint density at radius 2 is 2.05 bits per heavy atom. The first-order valence-corrected chi connectivity index (χ1v) is 6.22. The summed E-state index contributed by atoms with van der Waals surface area (Å²) in [7, 11) is 0. The molecule has 0 aliphatic carbocycles. The minimum atomic E-state index is 0.0923. The summed E-state index contributed by atoms with van der Waals surface area (Å²) in [5.41, 5.74) is 4.17. The van der Waals surface area contributed by atoms with Crippen LogP contribution < -0.4 is 10.6 Å². The third-order valence-corrected chi connectivity index (χ3v) is 3.11. The minimum Gasteiger partial charge on any atom is -0.381 e. The van der Waals surface area contributed by atoms with Gasteiger partial charge in [0.25, 0.3) is 0 Å². The number of hydrogen-bond donors (Lipinski definition) is 2. The third kappa shape index (κ3) is 2.70. The Balaban J connectivity index is 1.71. The first-order valence-electron chi connectivity index (χ1n) is 6.22. The van der Waals surface area contributed by atoms with Crippen molar-refractivity contribution in [1.82, 2.24) is 9.97 Å². The van der Waals surface area contributed by atoms with Gasteiger partial charge in [0, 0.05) is 42.3 Å². The van der Waals surface area contributed by atoms with Crippen LogP contribution >= 0.6 is 0 Å². The van der Waals surface area contributed by atoms with Gasteiger partial charge in [-0.2, -0.15) is 0 Å². The van der Waals surface area contributed by atoms with Gasteiger partial charge in [0.1, 0.15) is 6.33 Å². The molecular weight excluding hydrogens is 240 g/mol. The molecule has 1 aliphatic rings. The van der Waals surface area contributed by atoms with Crippen molar-refractivity contribution < 1.29 is 4.79 Å². The van der Waals surface area contributed by atoms with Crippen LogP contribution in [0.25, 0.3) is 0 Å². The number of aromatic nitrogens is 2. The molecule has 1 aromatic heterocycles. The second kappa shape index (κ2) is 5.06. The predicted molar refractivity (Wildman–Crippen MR) is 72.8 cm³/mol. The molecule has 2 N–H and O–H groups in total. The molecule has 0 saturated heterocycles. The zero-order valence-electron chi connectivity index (χ0n) is 10.4. The topological polar surface area (TPSA) is 66.9 Å². The van der Waals surface area contributed by atoms with E-state index >= 15 is 0 Å². The molecule has 0 spiro atoms. The Kier molecular flexibility index (Phi) is 3.10. The number of amides is 1. The Labute approximate surface area is 111 Å². The fraction of sp³-hybridized carbons (Fsp3) is 0.214. The maximum absolute atomic E-state index is 11.3. The van der Waals surface area contributed by atoms with E-state index in [0.717, 1.165) is 23.4 Å². The Bertz CT molecular complexity index is 598. The average molecular weight is 254 g/mol. The average Bonchev–Trinajstić information content (AvgIpc) is 2.46. The quantitative estimate of drug-likeness (QED) is 0.878. The summed E-state index contributed by atoms with van der Waals surface area (Å²) in [4.78, 5) is 19.2. The SMILES string of the molecule is O=C1CCc2cc(NCc3cncnc3)ccc2N1. The number of nitrogens with one attached hydrogen (secondary N) is 2. The zero-order valence-corrected chi connectivity index (χ0v) is 10.4. The molecule has 0 saturated carbocycles. The third-order valence-electron chi connectivity index (χ3n) is 3.11. The van der Waals surface area contributed by atoms with Crippen LogP contribution in [0.3, 0.4) is 0 Å². The van der Waals surface area contributed by atoms with Crippen molar-refractivity contribution in [2.75, 3.05) is 10.6 Å². The number of fused-ring (bicyclic) bond motifs is 1. The molecule has 0 radical (unpaired) electrons. The van der Waals surface area contributed by atoms with Crippen LogP contribution in [0.2, 0.25) is 0 Å². The van der Waals surface area contributed by atoms with E-state index < -0.39 is 0 Å². The molecule has 2 heterocycles. The van der Waals surface area contributed by atoms with E-state index in [1.807, 2.05) is 12.1 Å². The van der Waals surface area contributed by atoms with Crippen molar-refractivity contribution in [3.8, 4) is 0 Å². The number of rotatable bonds is 3. The van der Waals surface area contributed by atoms with Gasteiger partial charge in [-0.05, 0) is 30.2 Å². The van der Waals surface area contributed by atoms with Gasteiger partial charge in [-0.1, -0.05) is 0 Å². The van der Waals surface area contributed by atoms with Gasteiger partial charge in [0.2, 0.25) is 5.91 Å². The molecule has 19 heavy (non-hydrogen) atoms. The standard InChI is InChI=1S/C14H14N4O/c19-14-4-1-11-5-12(2-3-13(11)18-14)17-8-10-6-15-9-16-7-10/h2-3,5-7,9,17H,1,4,8H2,(H,18,19). The van der Waals surface area contributed by atoms with Crippen LogP contribution in [0.1, 0.15) is 17.5 Å². The second-order valence-electron chi connectivity index (χ2n) is 4.52. The summed E-state index contributed by atoms with van der Waals surface area (Å²) >= 11 is 0. The first-order chi connectivity index (χ1) is 9.31. The number of carbonyl (C=O) groups excluding carboxylic acids is 1. The van der Waals surface area contributed by atoms with Crippen LogP contribution in [0.15, 0.2) is 36.9 Å². The predicted octanol–water partition coefficient (Wildman–Crippen LogP) is 1.97. The van der Waals surface area contributed by atoms with Gasteiger partial charge in [-0.15, -0.1) is 0 Å². The van der Waals surface area contributed by atoms with Crippen molar-refractivity contribution in [2.24, 2.45) is 0 Å². The maximum atomic E-state index is 11.3. The highest BCUT2D eigenvalue weighted by Crippen LogP contribution is 2.25. The van der Waals surface area contributed by atoms with Gasteiger partial charge < -0.3 is 10.6 Å². The molecule has 96 valence electrons. The van der Waals surface area contributed by atoms with Crippen molar-refractivity contribution in [1.29, 1.82) is 0 Å². The molecule has 5 heteroatoms. The molecule has 1 amide bonds. The van der Waals surface area contributed by atoms with Crippen LogP contribution in [0.5, 0.6) is 0 Å². The lowest BCUT2D eigenvalue weighted by Crippen LogP contribution is -2.18. The van der Waals surface area contributed by atoms with E-state index in [1.165, 1.54) is 11.9 Å². The molecule has 2 aromatic rings. The maximum Gasteiger partial charge on any atom is 0.224 e.